The zero-order valence-corrected chi connectivity index (χ0v) is 10.9. The topological polar surface area (TPSA) is 37.0 Å². The first-order valence-electron chi connectivity index (χ1n) is 6.28. The fraction of sp³-hybridized carbons (Fsp3) is 0.333. The first-order chi connectivity index (χ1) is 8.74. The SMILES string of the molecule is Cc1ccc(OCC(C)NCc2cc[nH]c2)cc1. The number of hydrogen-bond donors (Lipinski definition) is 2. The van der Waals surface area contributed by atoms with E-state index in [4.69, 9.17) is 4.74 Å². The lowest BCUT2D eigenvalue weighted by molar-refractivity contribution is 0.272. The van der Waals surface area contributed by atoms with Crippen LogP contribution in [0.2, 0.25) is 0 Å². The predicted molar refractivity (Wildman–Crippen MR) is 73.8 cm³/mol. The van der Waals surface area contributed by atoms with Crippen molar-refractivity contribution >= 4 is 0 Å². The Balaban J connectivity index is 1.71. The van der Waals surface area contributed by atoms with Crippen molar-refractivity contribution in [2.75, 3.05) is 6.61 Å². The third-order valence-corrected chi connectivity index (χ3v) is 2.84. The molecule has 2 rings (SSSR count). The normalized spacial score (nSPS) is 12.3. The summed E-state index contributed by atoms with van der Waals surface area (Å²) in [7, 11) is 0. The largest absolute Gasteiger partial charge is 0.492 e. The highest BCUT2D eigenvalue weighted by Crippen LogP contribution is 2.11. The lowest BCUT2D eigenvalue weighted by atomic mass is 10.2. The second kappa shape index (κ2) is 6.26. The molecule has 0 aliphatic heterocycles. The van der Waals surface area contributed by atoms with Gasteiger partial charge in [-0.2, -0.15) is 0 Å². The highest BCUT2D eigenvalue weighted by atomic mass is 16.5. The van der Waals surface area contributed by atoms with Crippen LogP contribution in [-0.4, -0.2) is 17.6 Å². The molecule has 1 heterocycles. The summed E-state index contributed by atoms with van der Waals surface area (Å²) in [4.78, 5) is 3.05. The Morgan fingerprint density at radius 1 is 1.22 bits per heavy atom. The van der Waals surface area contributed by atoms with Crippen LogP contribution in [0.15, 0.2) is 42.7 Å². The summed E-state index contributed by atoms with van der Waals surface area (Å²) >= 11 is 0. The molecule has 2 aromatic rings. The highest BCUT2D eigenvalue weighted by Gasteiger charge is 2.03. The van der Waals surface area contributed by atoms with E-state index in [-0.39, 0.29) is 0 Å². The van der Waals surface area contributed by atoms with Crippen molar-refractivity contribution in [2.24, 2.45) is 0 Å². The second-order valence-electron chi connectivity index (χ2n) is 4.63. The van der Waals surface area contributed by atoms with Gasteiger partial charge >= 0.3 is 0 Å². The van der Waals surface area contributed by atoms with Crippen LogP contribution in [0.1, 0.15) is 18.1 Å². The van der Waals surface area contributed by atoms with Gasteiger partial charge < -0.3 is 15.0 Å². The highest BCUT2D eigenvalue weighted by molar-refractivity contribution is 5.26. The summed E-state index contributed by atoms with van der Waals surface area (Å²) in [5.74, 6) is 0.927. The molecule has 3 nitrogen and oxygen atoms in total. The van der Waals surface area contributed by atoms with E-state index in [1.807, 2.05) is 24.5 Å². The van der Waals surface area contributed by atoms with Gasteiger partial charge in [0.05, 0.1) is 0 Å². The van der Waals surface area contributed by atoms with E-state index in [1.54, 1.807) is 0 Å². The Kier molecular flexibility index (Phi) is 4.42. The Labute approximate surface area is 108 Å². The summed E-state index contributed by atoms with van der Waals surface area (Å²) in [6, 6.07) is 10.5. The Morgan fingerprint density at radius 2 is 2.00 bits per heavy atom. The Bertz CT molecular complexity index is 448. The van der Waals surface area contributed by atoms with Crippen LogP contribution in [0.5, 0.6) is 5.75 Å². The molecule has 1 unspecified atom stereocenters. The lowest BCUT2D eigenvalue weighted by Crippen LogP contribution is -2.31. The van der Waals surface area contributed by atoms with Crippen molar-refractivity contribution in [2.45, 2.75) is 26.4 Å². The van der Waals surface area contributed by atoms with Crippen LogP contribution in [0.25, 0.3) is 0 Å². The lowest BCUT2D eigenvalue weighted by Gasteiger charge is -2.14. The minimum atomic E-state index is 0.321. The molecule has 0 amide bonds. The van der Waals surface area contributed by atoms with Gasteiger partial charge in [-0.3, -0.25) is 0 Å². The average molecular weight is 244 g/mol. The van der Waals surface area contributed by atoms with Crippen molar-refractivity contribution < 1.29 is 4.74 Å². The zero-order valence-electron chi connectivity index (χ0n) is 10.9. The minimum absolute atomic E-state index is 0.321. The molecule has 2 N–H and O–H groups in total. The standard InChI is InChI=1S/C15H20N2O/c1-12-3-5-15(6-4-12)18-11-13(2)17-10-14-7-8-16-9-14/h3-9,13,16-17H,10-11H2,1-2H3. The van der Waals surface area contributed by atoms with Gasteiger partial charge in [-0.05, 0) is 37.6 Å². The van der Waals surface area contributed by atoms with Crippen LogP contribution in [0.3, 0.4) is 0 Å². The average Bonchev–Trinajstić information content (AvgIpc) is 2.89. The van der Waals surface area contributed by atoms with E-state index >= 15 is 0 Å². The molecular weight excluding hydrogens is 224 g/mol. The Morgan fingerprint density at radius 3 is 2.67 bits per heavy atom. The number of aromatic amines is 1. The number of rotatable bonds is 6. The van der Waals surface area contributed by atoms with Crippen LogP contribution in [0.4, 0.5) is 0 Å². The van der Waals surface area contributed by atoms with Gasteiger partial charge in [0.2, 0.25) is 0 Å². The van der Waals surface area contributed by atoms with E-state index in [9.17, 15) is 0 Å². The van der Waals surface area contributed by atoms with Crippen molar-refractivity contribution in [3.63, 3.8) is 0 Å². The van der Waals surface area contributed by atoms with Crippen molar-refractivity contribution in [1.82, 2.24) is 10.3 Å². The maximum absolute atomic E-state index is 5.72. The van der Waals surface area contributed by atoms with E-state index in [1.165, 1.54) is 11.1 Å². The third-order valence-electron chi connectivity index (χ3n) is 2.84. The molecule has 0 saturated heterocycles. The smallest absolute Gasteiger partial charge is 0.119 e. The fourth-order valence-corrected chi connectivity index (χ4v) is 1.68. The number of nitrogens with one attached hydrogen (secondary N) is 2. The molecular formula is C15H20N2O. The van der Waals surface area contributed by atoms with Crippen LogP contribution >= 0.6 is 0 Å². The maximum atomic E-state index is 5.72. The summed E-state index contributed by atoms with van der Waals surface area (Å²) in [5.41, 5.74) is 2.51. The number of ether oxygens (including phenoxy) is 1. The van der Waals surface area contributed by atoms with Crippen LogP contribution < -0.4 is 10.1 Å². The molecule has 1 aromatic heterocycles. The van der Waals surface area contributed by atoms with Crippen LogP contribution in [0, 0.1) is 6.92 Å². The third kappa shape index (κ3) is 3.93. The van der Waals surface area contributed by atoms with Gasteiger partial charge in [-0.15, -0.1) is 0 Å². The summed E-state index contributed by atoms with van der Waals surface area (Å²) in [5, 5.41) is 3.42. The molecule has 0 radical (unpaired) electrons. The summed E-state index contributed by atoms with van der Waals surface area (Å²) in [6.45, 7) is 5.74. The van der Waals surface area contributed by atoms with Crippen molar-refractivity contribution in [3.05, 3.63) is 53.9 Å². The van der Waals surface area contributed by atoms with Crippen molar-refractivity contribution in [3.8, 4) is 5.75 Å². The van der Waals surface area contributed by atoms with Gasteiger partial charge in [0.1, 0.15) is 12.4 Å². The number of H-pyrrole nitrogens is 1. The zero-order chi connectivity index (χ0) is 12.8. The van der Waals surface area contributed by atoms with Gasteiger partial charge in [0, 0.05) is 25.0 Å². The molecule has 18 heavy (non-hydrogen) atoms. The van der Waals surface area contributed by atoms with E-state index < -0.39 is 0 Å². The quantitative estimate of drug-likeness (QED) is 0.820. The first kappa shape index (κ1) is 12.7. The minimum Gasteiger partial charge on any atom is -0.492 e. The molecule has 1 atom stereocenters. The van der Waals surface area contributed by atoms with E-state index in [2.05, 4.69) is 42.3 Å². The summed E-state index contributed by atoms with van der Waals surface area (Å²) in [6.07, 6.45) is 3.94. The van der Waals surface area contributed by atoms with Crippen molar-refractivity contribution in [1.29, 1.82) is 0 Å². The van der Waals surface area contributed by atoms with Gasteiger partial charge in [0.25, 0.3) is 0 Å². The molecule has 0 fully saturated rings. The molecule has 1 aromatic carbocycles. The molecule has 0 aliphatic carbocycles. The Hall–Kier alpha value is -1.74. The molecule has 0 bridgehead atoms. The number of aromatic nitrogens is 1. The van der Waals surface area contributed by atoms with E-state index in [0.29, 0.717) is 12.6 Å². The summed E-state index contributed by atoms with van der Waals surface area (Å²) < 4.78 is 5.72. The molecule has 96 valence electrons. The van der Waals surface area contributed by atoms with Gasteiger partial charge in [-0.25, -0.2) is 0 Å². The first-order valence-corrected chi connectivity index (χ1v) is 6.28. The molecule has 0 aliphatic rings. The van der Waals surface area contributed by atoms with E-state index in [0.717, 1.165) is 12.3 Å². The molecule has 3 heteroatoms. The monoisotopic (exact) mass is 244 g/mol. The number of benzene rings is 1. The number of aryl methyl sites for hydroxylation is 1. The van der Waals surface area contributed by atoms with Crippen LogP contribution in [-0.2, 0) is 6.54 Å². The fourth-order valence-electron chi connectivity index (χ4n) is 1.68. The molecule has 0 saturated carbocycles. The maximum Gasteiger partial charge on any atom is 0.119 e. The van der Waals surface area contributed by atoms with Gasteiger partial charge in [-0.1, -0.05) is 17.7 Å². The predicted octanol–water partition coefficient (Wildman–Crippen LogP) is 2.88. The molecule has 0 spiro atoms. The number of hydrogen-bond acceptors (Lipinski definition) is 2. The van der Waals surface area contributed by atoms with Gasteiger partial charge in [0.15, 0.2) is 0 Å². The second-order valence-corrected chi connectivity index (χ2v) is 4.63.